The van der Waals surface area contributed by atoms with Crippen LogP contribution < -0.4 is 0 Å². The van der Waals surface area contributed by atoms with Gasteiger partial charge in [0.05, 0.1) is 6.20 Å². The number of hydrogen-bond acceptors (Lipinski definition) is 3. The summed E-state index contributed by atoms with van der Waals surface area (Å²) < 4.78 is 0. The van der Waals surface area contributed by atoms with Gasteiger partial charge in [0.25, 0.3) is 0 Å². The van der Waals surface area contributed by atoms with E-state index in [4.69, 9.17) is 4.84 Å². The van der Waals surface area contributed by atoms with Crippen molar-refractivity contribution in [3.8, 4) is 0 Å². The topological polar surface area (TPSA) is 34.0 Å². The molecule has 3 heteroatoms. The quantitative estimate of drug-likeness (QED) is 0.550. The third-order valence-corrected chi connectivity index (χ3v) is 1.90. The first kappa shape index (κ1) is 7.25. The fourth-order valence-electron chi connectivity index (χ4n) is 0.648. The molecular weight excluding hydrogens is 128 g/mol. The van der Waals surface area contributed by atoms with E-state index in [1.165, 1.54) is 0 Å². The van der Waals surface area contributed by atoms with Crippen LogP contribution in [0.25, 0.3) is 0 Å². The predicted octanol–water partition coefficient (Wildman–Crippen LogP) is 2.31. The Bertz CT molecular complexity index is 174. The highest BCUT2D eigenvalue weighted by Crippen LogP contribution is 2.25. The molecule has 1 aliphatic heterocycles. The average Bonchev–Trinajstić information content (AvgIpc) is 1.89. The molecule has 0 spiro atoms. The smallest absolute Gasteiger partial charge is 0.158 e. The maximum absolute atomic E-state index is 5.10. The van der Waals surface area contributed by atoms with Gasteiger partial charge in [0.2, 0.25) is 0 Å². The third-order valence-electron chi connectivity index (χ3n) is 1.90. The fraction of sp³-hybridized carbons (Fsp3) is 0.714. The van der Waals surface area contributed by atoms with E-state index in [2.05, 4.69) is 24.2 Å². The molecule has 0 bridgehead atoms. The molecule has 1 heterocycles. The molecule has 1 atom stereocenters. The summed E-state index contributed by atoms with van der Waals surface area (Å²) in [5, 5.41) is 7.07. The molecule has 0 aliphatic carbocycles. The van der Waals surface area contributed by atoms with Crippen molar-refractivity contribution in [1.29, 1.82) is 0 Å². The SMILES string of the molecule is CC(C)C1(C)C=CN=NO1. The van der Waals surface area contributed by atoms with Crippen molar-refractivity contribution in [2.24, 2.45) is 16.3 Å². The Kier molecular flexibility index (Phi) is 1.74. The molecule has 0 fully saturated rings. The molecule has 1 rings (SSSR count). The minimum Gasteiger partial charge on any atom is -0.368 e. The maximum atomic E-state index is 5.10. The fourth-order valence-corrected chi connectivity index (χ4v) is 0.648. The molecule has 0 amide bonds. The molecule has 56 valence electrons. The van der Waals surface area contributed by atoms with Crippen LogP contribution >= 0.6 is 0 Å². The zero-order chi connectivity index (χ0) is 7.61. The molecule has 0 saturated heterocycles. The second-order valence-corrected chi connectivity index (χ2v) is 2.94. The van der Waals surface area contributed by atoms with Gasteiger partial charge in [0, 0.05) is 5.28 Å². The lowest BCUT2D eigenvalue weighted by molar-refractivity contribution is -0.0411. The van der Waals surface area contributed by atoms with Gasteiger partial charge < -0.3 is 4.84 Å². The monoisotopic (exact) mass is 140 g/mol. The van der Waals surface area contributed by atoms with Gasteiger partial charge in [-0.25, -0.2) is 0 Å². The van der Waals surface area contributed by atoms with Crippen molar-refractivity contribution in [2.75, 3.05) is 0 Å². The summed E-state index contributed by atoms with van der Waals surface area (Å²) in [7, 11) is 0. The molecule has 0 aromatic rings. The lowest BCUT2D eigenvalue weighted by atomic mass is 9.92. The Morgan fingerprint density at radius 1 is 1.50 bits per heavy atom. The minimum absolute atomic E-state index is 0.262. The average molecular weight is 140 g/mol. The summed E-state index contributed by atoms with van der Waals surface area (Å²) >= 11 is 0. The number of hydrogen-bond donors (Lipinski definition) is 0. The van der Waals surface area contributed by atoms with E-state index in [0.717, 1.165) is 0 Å². The van der Waals surface area contributed by atoms with Crippen LogP contribution in [-0.2, 0) is 4.84 Å². The summed E-state index contributed by atoms with van der Waals surface area (Å²) in [5.41, 5.74) is -0.262. The van der Waals surface area contributed by atoms with Gasteiger partial charge in [-0.3, -0.25) is 0 Å². The van der Waals surface area contributed by atoms with Gasteiger partial charge in [-0.15, -0.1) is 5.11 Å². The second kappa shape index (κ2) is 2.40. The number of nitrogens with zero attached hydrogens (tertiary/aromatic N) is 2. The highest BCUT2D eigenvalue weighted by Gasteiger charge is 2.29. The first-order valence-corrected chi connectivity index (χ1v) is 3.41. The minimum atomic E-state index is -0.262. The lowest BCUT2D eigenvalue weighted by Crippen LogP contribution is -2.31. The first-order valence-electron chi connectivity index (χ1n) is 3.41. The van der Waals surface area contributed by atoms with Crippen molar-refractivity contribution < 1.29 is 4.84 Å². The summed E-state index contributed by atoms with van der Waals surface area (Å²) in [5.74, 6) is 0.419. The highest BCUT2D eigenvalue weighted by molar-refractivity contribution is 5.01. The van der Waals surface area contributed by atoms with Gasteiger partial charge in [-0.1, -0.05) is 13.8 Å². The van der Waals surface area contributed by atoms with E-state index >= 15 is 0 Å². The van der Waals surface area contributed by atoms with E-state index in [9.17, 15) is 0 Å². The Morgan fingerprint density at radius 2 is 2.20 bits per heavy atom. The zero-order valence-electron chi connectivity index (χ0n) is 6.53. The normalized spacial score (nSPS) is 30.8. The van der Waals surface area contributed by atoms with Crippen molar-refractivity contribution in [2.45, 2.75) is 26.4 Å². The van der Waals surface area contributed by atoms with Crippen LogP contribution in [0.3, 0.4) is 0 Å². The van der Waals surface area contributed by atoms with Gasteiger partial charge >= 0.3 is 0 Å². The summed E-state index contributed by atoms with van der Waals surface area (Å²) in [6, 6.07) is 0. The summed E-state index contributed by atoms with van der Waals surface area (Å²) in [6.45, 7) is 6.17. The Balaban J connectivity index is 2.70. The second-order valence-electron chi connectivity index (χ2n) is 2.94. The van der Waals surface area contributed by atoms with Gasteiger partial charge in [0.1, 0.15) is 0 Å². The van der Waals surface area contributed by atoms with Crippen LogP contribution in [-0.4, -0.2) is 5.60 Å². The molecule has 3 nitrogen and oxygen atoms in total. The van der Waals surface area contributed by atoms with Crippen molar-refractivity contribution in [3.05, 3.63) is 12.3 Å². The van der Waals surface area contributed by atoms with Crippen molar-refractivity contribution in [3.63, 3.8) is 0 Å². The standard InChI is InChI=1S/C7H12N2O/c1-6(2)7(3)4-5-8-9-10-7/h4-6H,1-3H3. The van der Waals surface area contributed by atoms with Crippen molar-refractivity contribution >= 4 is 0 Å². The molecule has 1 unspecified atom stereocenters. The van der Waals surface area contributed by atoms with Crippen LogP contribution in [0.15, 0.2) is 22.7 Å². The van der Waals surface area contributed by atoms with E-state index in [0.29, 0.717) is 5.92 Å². The molecule has 0 radical (unpaired) electrons. The lowest BCUT2D eigenvalue weighted by Gasteiger charge is -2.27. The van der Waals surface area contributed by atoms with Gasteiger partial charge in [0.15, 0.2) is 5.60 Å². The molecule has 0 aromatic carbocycles. The Labute approximate surface area is 60.7 Å². The third kappa shape index (κ3) is 1.17. The first-order chi connectivity index (χ1) is 4.65. The van der Waals surface area contributed by atoms with Crippen LogP contribution in [0.1, 0.15) is 20.8 Å². The summed E-state index contributed by atoms with van der Waals surface area (Å²) in [4.78, 5) is 5.10. The molecule has 1 aliphatic rings. The van der Waals surface area contributed by atoms with E-state index in [-0.39, 0.29) is 5.60 Å². The largest absolute Gasteiger partial charge is 0.368 e. The van der Waals surface area contributed by atoms with Crippen LogP contribution in [0, 0.1) is 5.92 Å². The molecule has 0 N–H and O–H groups in total. The maximum Gasteiger partial charge on any atom is 0.158 e. The van der Waals surface area contributed by atoms with Crippen LogP contribution in [0.5, 0.6) is 0 Å². The molecule has 0 saturated carbocycles. The van der Waals surface area contributed by atoms with E-state index in [1.807, 2.05) is 13.0 Å². The molecule has 0 aromatic heterocycles. The van der Waals surface area contributed by atoms with Gasteiger partial charge in [-0.2, -0.15) is 0 Å². The molecule has 10 heavy (non-hydrogen) atoms. The zero-order valence-corrected chi connectivity index (χ0v) is 6.53. The summed E-state index contributed by atoms with van der Waals surface area (Å²) in [6.07, 6.45) is 3.59. The van der Waals surface area contributed by atoms with Crippen molar-refractivity contribution in [1.82, 2.24) is 0 Å². The predicted molar refractivity (Wildman–Crippen MR) is 38.3 cm³/mol. The Morgan fingerprint density at radius 3 is 2.50 bits per heavy atom. The van der Waals surface area contributed by atoms with E-state index < -0.39 is 0 Å². The van der Waals surface area contributed by atoms with Gasteiger partial charge in [-0.05, 0) is 18.9 Å². The van der Waals surface area contributed by atoms with E-state index in [1.54, 1.807) is 6.20 Å². The highest BCUT2D eigenvalue weighted by atomic mass is 16.7. The number of rotatable bonds is 1. The Hall–Kier alpha value is -0.860. The molecular formula is C7H12N2O. The van der Waals surface area contributed by atoms with Crippen LogP contribution in [0.4, 0.5) is 0 Å². The van der Waals surface area contributed by atoms with Crippen LogP contribution in [0.2, 0.25) is 0 Å².